The fourth-order valence-electron chi connectivity index (χ4n) is 1.99. The number of hydrogen-bond donors (Lipinski definition) is 0. The molecule has 2 heteroatoms. The van der Waals surface area contributed by atoms with Crippen molar-refractivity contribution in [2.75, 3.05) is 13.1 Å². The van der Waals surface area contributed by atoms with Crippen LogP contribution in [0, 0.1) is 23.6 Å². The molecular formula is C16H22FN. The Morgan fingerprint density at radius 2 is 1.67 bits per heavy atom. The molecule has 0 aliphatic rings. The van der Waals surface area contributed by atoms with Crippen LogP contribution in [0.2, 0.25) is 0 Å². The van der Waals surface area contributed by atoms with E-state index in [2.05, 4.69) is 44.4 Å². The SMILES string of the molecule is CCN(CC)C(C#Cc1ccc(F)cc1)C(C)C. The van der Waals surface area contributed by atoms with Gasteiger partial charge in [-0.15, -0.1) is 0 Å². The third-order valence-electron chi connectivity index (χ3n) is 3.05. The van der Waals surface area contributed by atoms with Crippen molar-refractivity contribution < 1.29 is 4.39 Å². The zero-order chi connectivity index (χ0) is 13.5. The van der Waals surface area contributed by atoms with Crippen molar-refractivity contribution in [1.29, 1.82) is 0 Å². The Labute approximate surface area is 110 Å². The van der Waals surface area contributed by atoms with Gasteiger partial charge >= 0.3 is 0 Å². The van der Waals surface area contributed by atoms with E-state index in [9.17, 15) is 4.39 Å². The molecule has 0 aliphatic heterocycles. The first-order valence-corrected chi connectivity index (χ1v) is 6.59. The number of halogens is 1. The van der Waals surface area contributed by atoms with Crippen LogP contribution < -0.4 is 0 Å². The molecule has 0 bridgehead atoms. The molecule has 0 saturated heterocycles. The molecule has 0 aromatic heterocycles. The normalized spacial score (nSPS) is 12.4. The van der Waals surface area contributed by atoms with Crippen LogP contribution >= 0.6 is 0 Å². The third-order valence-corrected chi connectivity index (χ3v) is 3.05. The quantitative estimate of drug-likeness (QED) is 0.736. The Hall–Kier alpha value is -1.33. The number of nitrogens with zero attached hydrogens (tertiary/aromatic N) is 1. The van der Waals surface area contributed by atoms with Crippen LogP contribution in [0.3, 0.4) is 0 Å². The van der Waals surface area contributed by atoms with Crippen molar-refractivity contribution in [3.63, 3.8) is 0 Å². The molecular weight excluding hydrogens is 225 g/mol. The summed E-state index contributed by atoms with van der Waals surface area (Å²) in [5.41, 5.74) is 0.870. The largest absolute Gasteiger partial charge is 0.290 e. The van der Waals surface area contributed by atoms with Gasteiger partial charge in [0.1, 0.15) is 5.82 Å². The second-order valence-corrected chi connectivity index (χ2v) is 4.69. The molecule has 1 aromatic carbocycles. The molecule has 0 saturated carbocycles. The van der Waals surface area contributed by atoms with Crippen LogP contribution in [0.5, 0.6) is 0 Å². The van der Waals surface area contributed by atoms with E-state index in [-0.39, 0.29) is 11.9 Å². The van der Waals surface area contributed by atoms with Crippen molar-refractivity contribution in [2.24, 2.45) is 5.92 Å². The summed E-state index contributed by atoms with van der Waals surface area (Å²) in [5.74, 6) is 6.72. The number of benzene rings is 1. The van der Waals surface area contributed by atoms with Gasteiger partial charge in [0.2, 0.25) is 0 Å². The number of rotatable bonds is 4. The topological polar surface area (TPSA) is 3.24 Å². The highest BCUT2D eigenvalue weighted by Crippen LogP contribution is 2.10. The van der Waals surface area contributed by atoms with E-state index in [0.717, 1.165) is 18.7 Å². The van der Waals surface area contributed by atoms with Gasteiger partial charge in [-0.05, 0) is 43.3 Å². The molecule has 1 atom stereocenters. The molecule has 0 radical (unpaired) electrons. The highest BCUT2D eigenvalue weighted by atomic mass is 19.1. The minimum atomic E-state index is -0.218. The lowest BCUT2D eigenvalue weighted by Crippen LogP contribution is -2.37. The Morgan fingerprint density at radius 3 is 2.11 bits per heavy atom. The molecule has 0 amide bonds. The van der Waals surface area contributed by atoms with Gasteiger partial charge in [0.15, 0.2) is 0 Å². The third kappa shape index (κ3) is 4.16. The van der Waals surface area contributed by atoms with Gasteiger partial charge in [-0.25, -0.2) is 4.39 Å². The highest BCUT2D eigenvalue weighted by molar-refractivity contribution is 5.35. The van der Waals surface area contributed by atoms with Gasteiger partial charge in [-0.2, -0.15) is 0 Å². The monoisotopic (exact) mass is 247 g/mol. The lowest BCUT2D eigenvalue weighted by molar-refractivity contribution is 0.217. The zero-order valence-corrected chi connectivity index (χ0v) is 11.7. The molecule has 18 heavy (non-hydrogen) atoms. The maximum Gasteiger partial charge on any atom is 0.123 e. The summed E-state index contributed by atoms with van der Waals surface area (Å²) in [6, 6.07) is 6.60. The Morgan fingerprint density at radius 1 is 1.11 bits per heavy atom. The van der Waals surface area contributed by atoms with E-state index < -0.39 is 0 Å². The first-order valence-electron chi connectivity index (χ1n) is 6.59. The molecule has 1 aromatic rings. The minimum Gasteiger partial charge on any atom is -0.290 e. The highest BCUT2D eigenvalue weighted by Gasteiger charge is 2.16. The fourth-order valence-corrected chi connectivity index (χ4v) is 1.99. The second-order valence-electron chi connectivity index (χ2n) is 4.69. The number of hydrogen-bond acceptors (Lipinski definition) is 1. The molecule has 0 N–H and O–H groups in total. The summed E-state index contributed by atoms with van der Waals surface area (Å²) >= 11 is 0. The Kier molecular flexibility index (Phi) is 5.88. The molecule has 0 spiro atoms. The Balaban J connectivity index is 2.87. The minimum absolute atomic E-state index is 0.218. The van der Waals surface area contributed by atoms with Crippen LogP contribution in [0.25, 0.3) is 0 Å². The van der Waals surface area contributed by atoms with E-state index in [4.69, 9.17) is 0 Å². The van der Waals surface area contributed by atoms with E-state index in [1.165, 1.54) is 12.1 Å². The first-order chi connectivity index (χ1) is 8.58. The van der Waals surface area contributed by atoms with Crippen molar-refractivity contribution in [3.8, 4) is 11.8 Å². The average molecular weight is 247 g/mol. The van der Waals surface area contributed by atoms with Gasteiger partial charge in [0, 0.05) is 5.56 Å². The zero-order valence-electron chi connectivity index (χ0n) is 11.7. The van der Waals surface area contributed by atoms with E-state index in [1.54, 1.807) is 12.1 Å². The summed E-state index contributed by atoms with van der Waals surface area (Å²) in [7, 11) is 0. The molecule has 0 aliphatic carbocycles. The molecule has 1 nitrogen and oxygen atoms in total. The Bertz CT molecular complexity index is 407. The van der Waals surface area contributed by atoms with E-state index >= 15 is 0 Å². The molecule has 0 heterocycles. The van der Waals surface area contributed by atoms with Gasteiger partial charge in [0.25, 0.3) is 0 Å². The lowest BCUT2D eigenvalue weighted by Gasteiger charge is -2.28. The predicted octanol–water partition coefficient (Wildman–Crippen LogP) is 3.54. The summed E-state index contributed by atoms with van der Waals surface area (Å²) in [4.78, 5) is 2.35. The van der Waals surface area contributed by atoms with Crippen LogP contribution in [0.1, 0.15) is 33.3 Å². The van der Waals surface area contributed by atoms with Crippen molar-refractivity contribution in [1.82, 2.24) is 4.90 Å². The van der Waals surface area contributed by atoms with Gasteiger partial charge in [0.05, 0.1) is 6.04 Å². The standard InChI is InChI=1S/C16H22FN/c1-5-18(6-2)16(13(3)4)12-9-14-7-10-15(17)11-8-14/h7-8,10-11,13,16H,5-6H2,1-4H3. The lowest BCUT2D eigenvalue weighted by atomic mass is 10.0. The second kappa shape index (κ2) is 7.18. The van der Waals surface area contributed by atoms with Crippen LogP contribution in [-0.4, -0.2) is 24.0 Å². The molecule has 98 valence electrons. The summed E-state index contributed by atoms with van der Waals surface area (Å²) in [5, 5.41) is 0. The molecule has 0 fully saturated rings. The van der Waals surface area contributed by atoms with Gasteiger partial charge in [-0.1, -0.05) is 39.5 Å². The van der Waals surface area contributed by atoms with E-state index in [0.29, 0.717) is 5.92 Å². The fraction of sp³-hybridized carbons (Fsp3) is 0.500. The molecule has 1 rings (SSSR count). The summed E-state index contributed by atoms with van der Waals surface area (Å²) in [6.07, 6.45) is 0. The van der Waals surface area contributed by atoms with Crippen LogP contribution in [0.15, 0.2) is 24.3 Å². The van der Waals surface area contributed by atoms with Crippen molar-refractivity contribution >= 4 is 0 Å². The van der Waals surface area contributed by atoms with Gasteiger partial charge in [-0.3, -0.25) is 4.90 Å². The van der Waals surface area contributed by atoms with Gasteiger partial charge < -0.3 is 0 Å². The average Bonchev–Trinajstić information content (AvgIpc) is 2.36. The first kappa shape index (κ1) is 14.7. The predicted molar refractivity (Wildman–Crippen MR) is 74.8 cm³/mol. The van der Waals surface area contributed by atoms with Crippen LogP contribution in [-0.2, 0) is 0 Å². The van der Waals surface area contributed by atoms with E-state index in [1.807, 2.05) is 0 Å². The maximum absolute atomic E-state index is 12.8. The maximum atomic E-state index is 12.8. The molecule has 1 unspecified atom stereocenters. The van der Waals surface area contributed by atoms with Crippen molar-refractivity contribution in [3.05, 3.63) is 35.6 Å². The van der Waals surface area contributed by atoms with Crippen molar-refractivity contribution in [2.45, 2.75) is 33.7 Å². The summed E-state index contributed by atoms with van der Waals surface area (Å²) in [6.45, 7) is 10.7. The summed E-state index contributed by atoms with van der Waals surface area (Å²) < 4.78 is 12.8. The van der Waals surface area contributed by atoms with Crippen LogP contribution in [0.4, 0.5) is 4.39 Å². The smallest absolute Gasteiger partial charge is 0.123 e.